The van der Waals surface area contributed by atoms with Crippen LogP contribution in [0.2, 0.25) is 0 Å². The molecule has 3 heterocycles. The molecule has 0 bridgehead atoms. The molecule has 0 N–H and O–H groups in total. The minimum absolute atomic E-state index is 0.00739. The number of halogens is 1. The smallest absolute Gasteiger partial charge is 0.282 e. The van der Waals surface area contributed by atoms with Crippen molar-refractivity contribution in [2.45, 2.75) is 0 Å². The molecular formula is C24H21FN4OS. The van der Waals surface area contributed by atoms with Gasteiger partial charge in [-0.25, -0.2) is 9.37 Å². The van der Waals surface area contributed by atoms with Crippen molar-refractivity contribution in [2.75, 3.05) is 31.1 Å². The molecule has 5 rings (SSSR count). The van der Waals surface area contributed by atoms with E-state index in [1.165, 1.54) is 11.3 Å². The van der Waals surface area contributed by atoms with E-state index in [9.17, 15) is 4.79 Å². The van der Waals surface area contributed by atoms with E-state index in [-0.39, 0.29) is 11.7 Å². The molecule has 1 amide bonds. The molecule has 2 aromatic heterocycles. The number of carbonyl (C=O) groups excluding carboxylic acids is 1. The van der Waals surface area contributed by atoms with E-state index in [2.05, 4.69) is 9.88 Å². The largest absolute Gasteiger partial charge is 0.367 e. The molecule has 1 aliphatic rings. The average Bonchev–Trinajstić information content (AvgIpc) is 3.52. The van der Waals surface area contributed by atoms with Gasteiger partial charge in [-0.05, 0) is 17.7 Å². The Labute approximate surface area is 184 Å². The molecule has 5 nitrogen and oxygen atoms in total. The molecule has 2 aromatic carbocycles. The van der Waals surface area contributed by atoms with Gasteiger partial charge in [0.15, 0.2) is 10.8 Å². The highest BCUT2D eigenvalue weighted by molar-refractivity contribution is 7.11. The van der Waals surface area contributed by atoms with Gasteiger partial charge in [-0.2, -0.15) is 0 Å². The van der Waals surface area contributed by atoms with Gasteiger partial charge >= 0.3 is 0 Å². The molecule has 0 aliphatic carbocycles. The molecule has 0 saturated carbocycles. The zero-order valence-corrected chi connectivity index (χ0v) is 17.6. The monoisotopic (exact) mass is 432 g/mol. The van der Waals surface area contributed by atoms with Gasteiger partial charge in [0.25, 0.3) is 5.91 Å². The highest BCUT2D eigenvalue weighted by Crippen LogP contribution is 2.28. The Morgan fingerprint density at radius 1 is 0.968 bits per heavy atom. The highest BCUT2D eigenvalue weighted by Gasteiger charge is 2.24. The summed E-state index contributed by atoms with van der Waals surface area (Å²) < 4.78 is 17.1. The Kier molecular flexibility index (Phi) is 5.26. The van der Waals surface area contributed by atoms with E-state index in [0.29, 0.717) is 29.3 Å². The molecule has 0 spiro atoms. The first kappa shape index (κ1) is 19.5. The van der Waals surface area contributed by atoms with E-state index in [1.807, 2.05) is 69.7 Å². The number of hydrogen-bond acceptors (Lipinski definition) is 4. The number of amides is 1. The second-order valence-electron chi connectivity index (χ2n) is 7.40. The van der Waals surface area contributed by atoms with Crippen LogP contribution in [-0.2, 0) is 0 Å². The second kappa shape index (κ2) is 8.35. The zero-order chi connectivity index (χ0) is 21.2. The number of anilines is 1. The third kappa shape index (κ3) is 3.84. The number of benzene rings is 2. The van der Waals surface area contributed by atoms with Gasteiger partial charge in [-0.1, -0.05) is 42.5 Å². The molecule has 0 atom stereocenters. The van der Waals surface area contributed by atoms with Crippen molar-refractivity contribution in [3.8, 4) is 16.8 Å². The minimum atomic E-state index is -0.241. The van der Waals surface area contributed by atoms with Crippen LogP contribution in [0, 0.1) is 5.82 Å². The number of nitrogens with zero attached hydrogens (tertiary/aromatic N) is 4. The highest BCUT2D eigenvalue weighted by atomic mass is 32.1. The Morgan fingerprint density at radius 3 is 2.52 bits per heavy atom. The molecular weight excluding hydrogens is 411 g/mol. The number of piperazine rings is 1. The van der Waals surface area contributed by atoms with Gasteiger partial charge in [0.1, 0.15) is 0 Å². The first-order chi connectivity index (χ1) is 15.2. The topological polar surface area (TPSA) is 41.4 Å². The van der Waals surface area contributed by atoms with E-state index >= 15 is 4.39 Å². The predicted molar refractivity (Wildman–Crippen MR) is 121 cm³/mol. The number of thiazole rings is 1. The molecule has 31 heavy (non-hydrogen) atoms. The molecule has 4 aromatic rings. The zero-order valence-electron chi connectivity index (χ0n) is 16.8. The molecule has 1 aliphatic heterocycles. The van der Waals surface area contributed by atoms with Gasteiger partial charge in [0, 0.05) is 55.7 Å². The van der Waals surface area contributed by atoms with Crippen molar-refractivity contribution in [3.05, 3.63) is 89.4 Å². The van der Waals surface area contributed by atoms with Gasteiger partial charge in [0.05, 0.1) is 11.4 Å². The van der Waals surface area contributed by atoms with Crippen molar-refractivity contribution in [1.29, 1.82) is 0 Å². The Bertz CT molecular complexity index is 1180. The van der Waals surface area contributed by atoms with Crippen LogP contribution in [-0.4, -0.2) is 46.5 Å². The molecule has 7 heteroatoms. The predicted octanol–water partition coefficient (Wildman–Crippen LogP) is 4.70. The summed E-state index contributed by atoms with van der Waals surface area (Å²) in [5, 5.41) is 2.35. The van der Waals surface area contributed by atoms with Crippen LogP contribution < -0.4 is 4.90 Å². The standard InChI is InChI=1S/C24H21FN4OS/c25-22-20(18-5-2-1-3-6-18)7-4-8-21(22)29-11-9-19(17-29)27-12-14-28(15-13-27)24(30)23-26-10-16-31-23/h1-11,16-17H,12-15H2. The summed E-state index contributed by atoms with van der Waals surface area (Å²) in [7, 11) is 0. The van der Waals surface area contributed by atoms with E-state index in [0.717, 1.165) is 24.3 Å². The van der Waals surface area contributed by atoms with Crippen molar-refractivity contribution in [2.24, 2.45) is 0 Å². The van der Waals surface area contributed by atoms with Gasteiger partial charge in [-0.15, -0.1) is 11.3 Å². The third-order valence-electron chi connectivity index (χ3n) is 5.57. The lowest BCUT2D eigenvalue weighted by Gasteiger charge is -2.35. The number of carbonyl (C=O) groups is 1. The maximum atomic E-state index is 15.3. The number of hydrogen-bond donors (Lipinski definition) is 0. The van der Waals surface area contributed by atoms with Crippen LogP contribution in [0.4, 0.5) is 10.1 Å². The van der Waals surface area contributed by atoms with E-state index in [1.54, 1.807) is 18.3 Å². The third-order valence-corrected chi connectivity index (χ3v) is 6.33. The Hall–Kier alpha value is -3.45. The summed E-state index contributed by atoms with van der Waals surface area (Å²) in [6, 6.07) is 17.0. The van der Waals surface area contributed by atoms with Crippen LogP contribution in [0.3, 0.4) is 0 Å². The fourth-order valence-corrected chi connectivity index (χ4v) is 4.52. The number of rotatable bonds is 4. The fourth-order valence-electron chi connectivity index (χ4n) is 3.91. The maximum absolute atomic E-state index is 15.3. The molecule has 1 fully saturated rings. The first-order valence-corrected chi connectivity index (χ1v) is 11.0. The van der Waals surface area contributed by atoms with Gasteiger partial charge in [0.2, 0.25) is 0 Å². The molecule has 1 saturated heterocycles. The van der Waals surface area contributed by atoms with Crippen molar-refractivity contribution < 1.29 is 9.18 Å². The summed E-state index contributed by atoms with van der Waals surface area (Å²) in [4.78, 5) is 20.7. The van der Waals surface area contributed by atoms with E-state index < -0.39 is 0 Å². The maximum Gasteiger partial charge on any atom is 0.282 e. The SMILES string of the molecule is O=C(c1nccs1)N1CCN(c2ccn(-c3cccc(-c4ccccc4)c3F)c2)CC1. The summed E-state index contributed by atoms with van der Waals surface area (Å²) >= 11 is 1.37. The first-order valence-electron chi connectivity index (χ1n) is 10.2. The lowest BCUT2D eigenvalue weighted by atomic mass is 10.0. The molecule has 0 radical (unpaired) electrons. The van der Waals surface area contributed by atoms with Crippen molar-refractivity contribution in [1.82, 2.24) is 14.5 Å². The summed E-state index contributed by atoms with van der Waals surface area (Å²) in [6.45, 7) is 2.74. The van der Waals surface area contributed by atoms with Crippen LogP contribution >= 0.6 is 11.3 Å². The van der Waals surface area contributed by atoms with Crippen LogP contribution in [0.25, 0.3) is 16.8 Å². The van der Waals surface area contributed by atoms with Crippen molar-refractivity contribution >= 4 is 22.9 Å². The van der Waals surface area contributed by atoms with Gasteiger partial charge in [-0.3, -0.25) is 4.79 Å². The van der Waals surface area contributed by atoms with E-state index in [4.69, 9.17) is 0 Å². The lowest BCUT2D eigenvalue weighted by Crippen LogP contribution is -2.48. The van der Waals surface area contributed by atoms with Crippen LogP contribution in [0.1, 0.15) is 9.80 Å². The van der Waals surface area contributed by atoms with Gasteiger partial charge < -0.3 is 14.4 Å². The lowest BCUT2D eigenvalue weighted by molar-refractivity contribution is 0.0746. The molecule has 0 unspecified atom stereocenters. The van der Waals surface area contributed by atoms with Crippen LogP contribution in [0.5, 0.6) is 0 Å². The van der Waals surface area contributed by atoms with Crippen LogP contribution in [0.15, 0.2) is 78.6 Å². The second-order valence-corrected chi connectivity index (χ2v) is 8.29. The number of aromatic nitrogens is 2. The Morgan fingerprint density at radius 2 is 1.77 bits per heavy atom. The summed E-state index contributed by atoms with van der Waals surface area (Å²) in [6.07, 6.45) is 5.49. The summed E-state index contributed by atoms with van der Waals surface area (Å²) in [5.41, 5.74) is 2.98. The summed E-state index contributed by atoms with van der Waals surface area (Å²) in [5.74, 6) is -0.248. The average molecular weight is 433 g/mol. The Balaban J connectivity index is 1.32. The normalized spacial score (nSPS) is 14.1. The minimum Gasteiger partial charge on any atom is -0.367 e. The quantitative estimate of drug-likeness (QED) is 0.469. The molecule has 156 valence electrons. The fraction of sp³-hybridized carbons (Fsp3) is 0.167. The van der Waals surface area contributed by atoms with Crippen molar-refractivity contribution in [3.63, 3.8) is 0 Å².